The minimum Gasteiger partial charge on any atom is -0.312 e. The highest BCUT2D eigenvalue weighted by Gasteiger charge is 2.36. The molecule has 1 nitrogen and oxygen atoms in total. The molecule has 2 rings (SSSR count). The molecule has 20 heavy (non-hydrogen) atoms. The molecule has 0 amide bonds. The molecule has 1 aromatic rings. The van der Waals surface area contributed by atoms with Crippen LogP contribution >= 0.6 is 0 Å². The topological polar surface area (TPSA) is 12.0 Å². The molecule has 0 aromatic heterocycles. The van der Waals surface area contributed by atoms with Crippen LogP contribution in [0.15, 0.2) is 18.2 Å². The smallest absolute Gasteiger partial charge is 0.312 e. The molecule has 1 aliphatic rings. The summed E-state index contributed by atoms with van der Waals surface area (Å²) in [6, 6.07) is 2.85. The molecule has 0 radical (unpaired) electrons. The maximum atomic E-state index is 13.0. The van der Waals surface area contributed by atoms with Gasteiger partial charge in [0, 0.05) is 13.1 Å². The maximum Gasteiger partial charge on any atom is 0.416 e. The molecule has 1 aromatic carbocycles. The van der Waals surface area contributed by atoms with E-state index in [4.69, 9.17) is 0 Å². The minimum atomic E-state index is -4.52. The Bertz CT molecular complexity index is 458. The molecule has 0 bridgehead atoms. The predicted octanol–water partition coefficient (Wildman–Crippen LogP) is 4.51. The maximum absolute atomic E-state index is 13.0. The molecule has 0 heterocycles. The molecule has 0 atom stereocenters. The number of hydrogen-bond donors (Lipinski definition) is 1. The number of rotatable bonds is 5. The lowest BCUT2D eigenvalue weighted by Crippen LogP contribution is -2.39. The fraction of sp³-hybridized carbons (Fsp3) is 0.600. The third-order valence-corrected chi connectivity index (χ3v) is 4.36. The van der Waals surface area contributed by atoms with E-state index in [1.807, 2.05) is 0 Å². The van der Waals surface area contributed by atoms with Gasteiger partial charge < -0.3 is 5.32 Å². The summed E-state index contributed by atoms with van der Waals surface area (Å²) in [4.78, 5) is 0. The van der Waals surface area contributed by atoms with Gasteiger partial charge in [-0.2, -0.15) is 13.2 Å². The van der Waals surface area contributed by atoms with Crippen molar-refractivity contribution in [1.29, 1.82) is 0 Å². The Hall–Kier alpha value is -1.10. The summed E-state index contributed by atoms with van der Waals surface area (Å²) in [6.07, 6.45) is -0.0223. The van der Waals surface area contributed by atoms with Crippen molar-refractivity contribution >= 4 is 0 Å². The molecular formula is C15H19F4N. The Kier molecular flexibility index (Phi) is 4.37. The molecule has 1 aliphatic carbocycles. The van der Waals surface area contributed by atoms with Gasteiger partial charge >= 0.3 is 6.18 Å². The van der Waals surface area contributed by atoms with Crippen molar-refractivity contribution in [2.24, 2.45) is 5.41 Å². The van der Waals surface area contributed by atoms with Crippen molar-refractivity contribution in [2.75, 3.05) is 6.54 Å². The highest BCUT2D eigenvalue weighted by Crippen LogP contribution is 2.43. The number of hydrogen-bond acceptors (Lipinski definition) is 1. The normalized spacial score (nSPS) is 17.9. The molecular weight excluding hydrogens is 270 g/mol. The van der Waals surface area contributed by atoms with E-state index in [9.17, 15) is 17.6 Å². The molecule has 5 heteroatoms. The van der Waals surface area contributed by atoms with E-state index in [0.29, 0.717) is 6.07 Å². The minimum absolute atomic E-state index is 0.101. The van der Waals surface area contributed by atoms with Gasteiger partial charge in [-0.25, -0.2) is 4.39 Å². The predicted molar refractivity (Wildman–Crippen MR) is 69.7 cm³/mol. The van der Waals surface area contributed by atoms with Crippen LogP contribution in [0.5, 0.6) is 0 Å². The van der Waals surface area contributed by atoms with Gasteiger partial charge in [-0.1, -0.05) is 19.4 Å². The molecule has 1 N–H and O–H groups in total. The third kappa shape index (κ3) is 3.32. The van der Waals surface area contributed by atoms with Gasteiger partial charge in [-0.15, -0.1) is 0 Å². The van der Waals surface area contributed by atoms with E-state index < -0.39 is 17.6 Å². The number of benzene rings is 1. The highest BCUT2D eigenvalue weighted by molar-refractivity contribution is 5.30. The van der Waals surface area contributed by atoms with Gasteiger partial charge in [0.15, 0.2) is 0 Å². The zero-order valence-corrected chi connectivity index (χ0v) is 11.5. The van der Waals surface area contributed by atoms with Crippen LogP contribution in [0.1, 0.15) is 43.7 Å². The van der Waals surface area contributed by atoms with Crippen LogP contribution in [0, 0.1) is 11.2 Å². The first-order valence-corrected chi connectivity index (χ1v) is 6.93. The summed E-state index contributed by atoms with van der Waals surface area (Å²) < 4.78 is 51.5. The van der Waals surface area contributed by atoms with E-state index in [2.05, 4.69) is 12.2 Å². The van der Waals surface area contributed by atoms with Gasteiger partial charge in [0.2, 0.25) is 0 Å². The molecule has 0 saturated heterocycles. The van der Waals surface area contributed by atoms with Crippen LogP contribution in [0.3, 0.4) is 0 Å². The van der Waals surface area contributed by atoms with Gasteiger partial charge in [0.05, 0.1) is 5.56 Å². The first-order valence-electron chi connectivity index (χ1n) is 6.93. The molecule has 0 aliphatic heterocycles. The van der Waals surface area contributed by atoms with E-state index in [1.165, 1.54) is 12.5 Å². The summed E-state index contributed by atoms with van der Waals surface area (Å²) in [7, 11) is 0. The molecule has 112 valence electrons. The summed E-state index contributed by atoms with van der Waals surface area (Å²) >= 11 is 0. The van der Waals surface area contributed by atoms with E-state index in [1.54, 1.807) is 0 Å². The first kappa shape index (κ1) is 15.3. The fourth-order valence-corrected chi connectivity index (χ4v) is 2.76. The SMILES string of the molecule is CCC1(CNCc2ccc(F)cc2C(F)(F)F)CCC1. The van der Waals surface area contributed by atoms with E-state index >= 15 is 0 Å². The Morgan fingerprint density at radius 2 is 1.95 bits per heavy atom. The highest BCUT2D eigenvalue weighted by atomic mass is 19.4. The fourth-order valence-electron chi connectivity index (χ4n) is 2.76. The molecule has 1 saturated carbocycles. The second-order valence-corrected chi connectivity index (χ2v) is 5.61. The molecule has 1 fully saturated rings. The first-order chi connectivity index (χ1) is 9.36. The average Bonchev–Trinajstić information content (AvgIpc) is 2.33. The van der Waals surface area contributed by atoms with Crippen molar-refractivity contribution in [3.63, 3.8) is 0 Å². The zero-order chi connectivity index (χ0) is 14.8. The van der Waals surface area contributed by atoms with Gasteiger partial charge in [0.25, 0.3) is 0 Å². The lowest BCUT2D eigenvalue weighted by atomic mass is 9.67. The van der Waals surface area contributed by atoms with Crippen LogP contribution in [0.4, 0.5) is 17.6 Å². The van der Waals surface area contributed by atoms with Crippen LogP contribution in [-0.2, 0) is 12.7 Å². The standard InChI is InChI=1S/C15H19F4N/c1-2-14(6-3-7-14)10-20-9-11-4-5-12(16)8-13(11)15(17,18)19/h4-5,8,20H,2-3,6-7,9-10H2,1H3. The lowest BCUT2D eigenvalue weighted by Gasteiger charge is -2.41. The Balaban J connectivity index is 2.02. The second kappa shape index (κ2) is 5.72. The third-order valence-electron chi connectivity index (χ3n) is 4.36. The van der Waals surface area contributed by atoms with Crippen molar-refractivity contribution < 1.29 is 17.6 Å². The van der Waals surface area contributed by atoms with Crippen molar-refractivity contribution in [3.05, 3.63) is 35.1 Å². The van der Waals surface area contributed by atoms with Crippen LogP contribution in [0.2, 0.25) is 0 Å². The monoisotopic (exact) mass is 289 g/mol. The zero-order valence-electron chi connectivity index (χ0n) is 11.5. The Labute approximate surface area is 116 Å². The number of alkyl halides is 3. The summed E-state index contributed by atoms with van der Waals surface area (Å²) in [5.41, 5.74) is -0.535. The van der Waals surface area contributed by atoms with E-state index in [0.717, 1.165) is 31.9 Å². The van der Waals surface area contributed by atoms with Gasteiger partial charge in [-0.05, 0) is 42.4 Å². The van der Waals surface area contributed by atoms with Crippen LogP contribution < -0.4 is 5.32 Å². The van der Waals surface area contributed by atoms with E-state index in [-0.39, 0.29) is 17.5 Å². The number of nitrogens with one attached hydrogen (secondary N) is 1. The lowest BCUT2D eigenvalue weighted by molar-refractivity contribution is -0.138. The van der Waals surface area contributed by atoms with Crippen molar-refractivity contribution in [1.82, 2.24) is 5.32 Å². The summed E-state index contributed by atoms with van der Waals surface area (Å²) in [5, 5.41) is 3.10. The summed E-state index contributed by atoms with van der Waals surface area (Å²) in [5.74, 6) is -0.856. The quantitative estimate of drug-likeness (QED) is 0.786. The van der Waals surface area contributed by atoms with Crippen molar-refractivity contribution in [3.8, 4) is 0 Å². The van der Waals surface area contributed by atoms with Crippen molar-refractivity contribution in [2.45, 2.75) is 45.3 Å². The molecule has 0 unspecified atom stereocenters. The van der Waals surface area contributed by atoms with Gasteiger partial charge in [0.1, 0.15) is 5.82 Å². The van der Waals surface area contributed by atoms with Crippen LogP contribution in [-0.4, -0.2) is 6.54 Å². The molecule has 0 spiro atoms. The Morgan fingerprint density at radius 3 is 2.45 bits per heavy atom. The summed E-state index contributed by atoms with van der Waals surface area (Å²) in [6.45, 7) is 2.95. The largest absolute Gasteiger partial charge is 0.416 e. The average molecular weight is 289 g/mol. The van der Waals surface area contributed by atoms with Gasteiger partial charge in [-0.3, -0.25) is 0 Å². The van der Waals surface area contributed by atoms with Crippen LogP contribution in [0.25, 0.3) is 0 Å². The Morgan fingerprint density at radius 1 is 1.25 bits per heavy atom. The number of halogens is 4. The second-order valence-electron chi connectivity index (χ2n) is 5.61.